The van der Waals surface area contributed by atoms with Crippen LogP contribution in [0.5, 0.6) is 0 Å². The maximum atomic E-state index is 12.2. The number of carbonyl (C=O) groups is 2. The van der Waals surface area contributed by atoms with E-state index < -0.39 is 12.0 Å². The van der Waals surface area contributed by atoms with Crippen molar-refractivity contribution in [3.8, 4) is 0 Å². The van der Waals surface area contributed by atoms with Crippen molar-refractivity contribution < 1.29 is 14.3 Å². The molecule has 7 nitrogen and oxygen atoms in total. The van der Waals surface area contributed by atoms with E-state index in [1.54, 1.807) is 19.9 Å². The van der Waals surface area contributed by atoms with E-state index in [-0.39, 0.29) is 12.5 Å². The van der Waals surface area contributed by atoms with Gasteiger partial charge in [-0.05, 0) is 26.8 Å². The third-order valence-corrected chi connectivity index (χ3v) is 3.77. The molecule has 0 aromatic carbocycles. The second-order valence-corrected chi connectivity index (χ2v) is 5.62. The number of ether oxygens (including phenoxy) is 1. The molecule has 21 heavy (non-hydrogen) atoms. The first-order chi connectivity index (χ1) is 10.0. The summed E-state index contributed by atoms with van der Waals surface area (Å²) < 4.78 is 6.43. The summed E-state index contributed by atoms with van der Waals surface area (Å²) >= 11 is 1.33. The van der Waals surface area contributed by atoms with Crippen LogP contribution in [0.25, 0.3) is 0 Å². The minimum absolute atomic E-state index is 0.270. The fourth-order valence-corrected chi connectivity index (χ4v) is 2.62. The largest absolute Gasteiger partial charge is 0.462 e. The van der Waals surface area contributed by atoms with Crippen LogP contribution in [0.3, 0.4) is 0 Å². The van der Waals surface area contributed by atoms with E-state index in [0.717, 1.165) is 4.88 Å². The second kappa shape index (κ2) is 6.49. The molecule has 2 heterocycles. The van der Waals surface area contributed by atoms with E-state index in [4.69, 9.17) is 4.74 Å². The summed E-state index contributed by atoms with van der Waals surface area (Å²) in [7, 11) is 0. The number of esters is 1. The van der Waals surface area contributed by atoms with Gasteiger partial charge in [-0.25, -0.2) is 14.5 Å². The van der Waals surface area contributed by atoms with Gasteiger partial charge in [-0.2, -0.15) is 5.10 Å². The Kier molecular flexibility index (Phi) is 4.69. The van der Waals surface area contributed by atoms with Gasteiger partial charge < -0.3 is 10.1 Å². The topological polar surface area (TPSA) is 86.1 Å². The molecule has 0 bridgehead atoms. The molecule has 0 spiro atoms. The highest BCUT2D eigenvalue weighted by molar-refractivity contribution is 7.16. The van der Waals surface area contributed by atoms with E-state index in [0.29, 0.717) is 10.6 Å². The summed E-state index contributed by atoms with van der Waals surface area (Å²) in [5, 5.41) is 7.17. The number of hydrogen-bond acceptors (Lipinski definition) is 6. The highest BCUT2D eigenvalue weighted by atomic mass is 32.1. The number of hydrogen-bond donors (Lipinski definition) is 1. The van der Waals surface area contributed by atoms with Crippen molar-refractivity contribution in [2.45, 2.75) is 26.8 Å². The maximum absolute atomic E-state index is 12.2. The Morgan fingerprint density at radius 2 is 2.29 bits per heavy atom. The molecule has 1 atom stereocenters. The van der Waals surface area contributed by atoms with Gasteiger partial charge in [-0.3, -0.25) is 4.79 Å². The SMILES string of the molecule is CCOC(=O)c1cc(C)sc1NC(=O)C(C)n1cncn1. The highest BCUT2D eigenvalue weighted by Gasteiger charge is 2.21. The van der Waals surface area contributed by atoms with Gasteiger partial charge in [0.15, 0.2) is 0 Å². The molecule has 0 saturated heterocycles. The number of nitrogens with zero attached hydrogens (tertiary/aromatic N) is 3. The smallest absolute Gasteiger partial charge is 0.341 e. The Balaban J connectivity index is 2.16. The van der Waals surface area contributed by atoms with E-state index >= 15 is 0 Å². The standard InChI is InChI=1S/C13H16N4O3S/c1-4-20-13(19)10-5-8(2)21-12(10)16-11(18)9(3)17-7-14-6-15-17/h5-7,9H,4H2,1-3H3,(H,16,18). The van der Waals surface area contributed by atoms with Crippen molar-refractivity contribution in [2.75, 3.05) is 11.9 Å². The first-order valence-electron chi connectivity index (χ1n) is 6.45. The summed E-state index contributed by atoms with van der Waals surface area (Å²) in [5.41, 5.74) is 0.374. The van der Waals surface area contributed by atoms with Gasteiger partial charge in [-0.1, -0.05) is 0 Å². The Morgan fingerprint density at radius 3 is 2.90 bits per heavy atom. The summed E-state index contributed by atoms with van der Waals surface area (Å²) in [5.74, 6) is -0.710. The Morgan fingerprint density at radius 1 is 1.52 bits per heavy atom. The summed E-state index contributed by atoms with van der Waals surface area (Å²) in [6.07, 6.45) is 2.83. The molecule has 1 amide bonds. The molecule has 2 aromatic rings. The molecule has 0 aliphatic carbocycles. The third-order valence-electron chi connectivity index (χ3n) is 2.80. The van der Waals surface area contributed by atoms with Gasteiger partial charge in [-0.15, -0.1) is 11.3 Å². The van der Waals surface area contributed by atoms with E-state index in [2.05, 4.69) is 15.4 Å². The number of aryl methyl sites for hydroxylation is 1. The summed E-state index contributed by atoms with van der Waals surface area (Å²) in [6.45, 7) is 5.59. The molecule has 1 N–H and O–H groups in total. The molecular formula is C13H16N4O3S. The third kappa shape index (κ3) is 3.46. The van der Waals surface area contributed by atoms with Crippen LogP contribution in [0.4, 0.5) is 5.00 Å². The maximum Gasteiger partial charge on any atom is 0.341 e. The molecule has 2 rings (SSSR count). The number of aromatic nitrogens is 3. The first-order valence-corrected chi connectivity index (χ1v) is 7.27. The number of nitrogens with one attached hydrogen (secondary N) is 1. The fraction of sp³-hybridized carbons (Fsp3) is 0.385. The Hall–Kier alpha value is -2.22. The lowest BCUT2D eigenvalue weighted by Crippen LogP contribution is -2.24. The minimum Gasteiger partial charge on any atom is -0.462 e. The van der Waals surface area contributed by atoms with Crippen LogP contribution < -0.4 is 5.32 Å². The fourth-order valence-electron chi connectivity index (χ4n) is 1.72. The monoisotopic (exact) mass is 308 g/mol. The Bertz CT molecular complexity index is 636. The van der Waals surface area contributed by atoms with Crippen LogP contribution in [0.1, 0.15) is 35.1 Å². The van der Waals surface area contributed by atoms with E-state index in [9.17, 15) is 9.59 Å². The molecule has 1 unspecified atom stereocenters. The van der Waals surface area contributed by atoms with Gasteiger partial charge in [0.2, 0.25) is 5.91 Å². The Labute approximate surface area is 125 Å². The van der Waals surface area contributed by atoms with Crippen LogP contribution in [0, 0.1) is 6.92 Å². The normalized spacial score (nSPS) is 12.0. The molecular weight excluding hydrogens is 292 g/mol. The zero-order chi connectivity index (χ0) is 15.4. The highest BCUT2D eigenvalue weighted by Crippen LogP contribution is 2.29. The van der Waals surface area contributed by atoms with Crippen molar-refractivity contribution in [1.29, 1.82) is 0 Å². The van der Waals surface area contributed by atoms with Crippen LogP contribution >= 0.6 is 11.3 Å². The van der Waals surface area contributed by atoms with Crippen LogP contribution in [0.15, 0.2) is 18.7 Å². The number of carbonyl (C=O) groups excluding carboxylic acids is 2. The molecule has 0 fully saturated rings. The van der Waals surface area contributed by atoms with E-state index in [1.165, 1.54) is 28.7 Å². The molecule has 8 heteroatoms. The summed E-state index contributed by atoms with van der Waals surface area (Å²) in [6, 6.07) is 1.18. The van der Waals surface area contributed by atoms with Crippen molar-refractivity contribution in [3.63, 3.8) is 0 Å². The van der Waals surface area contributed by atoms with Gasteiger partial charge in [0.05, 0.1) is 12.2 Å². The number of thiophene rings is 1. The number of amides is 1. The zero-order valence-electron chi connectivity index (χ0n) is 12.0. The predicted molar refractivity (Wildman–Crippen MR) is 78.4 cm³/mol. The molecule has 0 radical (unpaired) electrons. The molecule has 2 aromatic heterocycles. The lowest BCUT2D eigenvalue weighted by Gasteiger charge is -2.11. The first kappa shape index (κ1) is 15.2. The molecule has 112 valence electrons. The average molecular weight is 308 g/mol. The minimum atomic E-state index is -0.523. The van der Waals surface area contributed by atoms with Crippen molar-refractivity contribution in [2.24, 2.45) is 0 Å². The van der Waals surface area contributed by atoms with Crippen LogP contribution in [-0.4, -0.2) is 33.2 Å². The lowest BCUT2D eigenvalue weighted by molar-refractivity contribution is -0.119. The van der Waals surface area contributed by atoms with Crippen molar-refractivity contribution in [1.82, 2.24) is 14.8 Å². The van der Waals surface area contributed by atoms with Gasteiger partial charge >= 0.3 is 5.97 Å². The van der Waals surface area contributed by atoms with Crippen LogP contribution in [-0.2, 0) is 9.53 Å². The van der Waals surface area contributed by atoms with E-state index in [1.807, 2.05) is 6.92 Å². The summed E-state index contributed by atoms with van der Waals surface area (Å²) in [4.78, 5) is 28.8. The number of rotatable bonds is 5. The zero-order valence-corrected chi connectivity index (χ0v) is 12.8. The van der Waals surface area contributed by atoms with Crippen LogP contribution in [0.2, 0.25) is 0 Å². The van der Waals surface area contributed by atoms with Crippen molar-refractivity contribution >= 4 is 28.2 Å². The molecule has 0 aliphatic rings. The molecule has 0 aliphatic heterocycles. The quantitative estimate of drug-likeness (QED) is 0.854. The number of anilines is 1. The average Bonchev–Trinajstić information content (AvgIpc) is 3.07. The van der Waals surface area contributed by atoms with Crippen molar-refractivity contribution in [3.05, 3.63) is 29.2 Å². The van der Waals surface area contributed by atoms with Gasteiger partial charge in [0.25, 0.3) is 0 Å². The second-order valence-electron chi connectivity index (χ2n) is 4.36. The van der Waals surface area contributed by atoms with Gasteiger partial charge in [0, 0.05) is 4.88 Å². The predicted octanol–water partition coefficient (Wildman–Crippen LogP) is 2.02. The molecule has 0 saturated carbocycles. The van der Waals surface area contributed by atoms with Gasteiger partial charge in [0.1, 0.15) is 23.7 Å². The lowest BCUT2D eigenvalue weighted by atomic mass is 10.2.